The van der Waals surface area contributed by atoms with Gasteiger partial charge >= 0.3 is 0 Å². The van der Waals surface area contributed by atoms with Crippen molar-refractivity contribution in [3.63, 3.8) is 0 Å². The number of carbonyl (C=O) groups is 1. The molecular weight excluding hydrogens is 328 g/mol. The number of anilines is 2. The molecule has 0 spiro atoms. The Kier molecular flexibility index (Phi) is 4.95. The maximum atomic E-state index is 12.2. The first kappa shape index (κ1) is 16.8. The van der Waals surface area contributed by atoms with E-state index in [4.69, 9.17) is 0 Å². The number of piperazine rings is 1. The lowest BCUT2D eigenvalue weighted by Crippen LogP contribution is -2.47. The third-order valence-electron chi connectivity index (χ3n) is 5.14. The van der Waals surface area contributed by atoms with Crippen molar-refractivity contribution in [1.29, 1.82) is 0 Å². The zero-order valence-electron chi connectivity index (χ0n) is 14.8. The molecule has 7 heteroatoms. The number of aromatic nitrogens is 3. The largest absolute Gasteiger partial charge is 0.353 e. The number of carbonyl (C=O) groups excluding carboxylic acids is 1. The molecule has 1 amide bonds. The van der Waals surface area contributed by atoms with Gasteiger partial charge in [-0.05, 0) is 25.0 Å². The summed E-state index contributed by atoms with van der Waals surface area (Å²) in [7, 11) is 0. The Labute approximate surface area is 153 Å². The average Bonchev–Trinajstić information content (AvgIpc) is 3.22. The predicted octanol–water partition coefficient (Wildman–Crippen LogP) is 1.87. The van der Waals surface area contributed by atoms with Crippen LogP contribution in [0.15, 0.2) is 36.8 Å². The molecule has 1 aliphatic heterocycles. The Balaban J connectivity index is 1.33. The first-order valence-electron chi connectivity index (χ1n) is 9.33. The van der Waals surface area contributed by atoms with Gasteiger partial charge in [0.2, 0.25) is 0 Å². The SMILES string of the molecule is O=C(NC1CCCC1)c1cnc(N2CCN(c3ccccn3)CC2)cn1. The van der Waals surface area contributed by atoms with E-state index in [1.165, 1.54) is 12.8 Å². The maximum absolute atomic E-state index is 12.2. The topological polar surface area (TPSA) is 74.2 Å². The number of nitrogens with one attached hydrogen (secondary N) is 1. The van der Waals surface area contributed by atoms with Crippen LogP contribution in [0.4, 0.5) is 11.6 Å². The summed E-state index contributed by atoms with van der Waals surface area (Å²) in [4.78, 5) is 29.9. The van der Waals surface area contributed by atoms with Crippen molar-refractivity contribution < 1.29 is 4.79 Å². The fraction of sp³-hybridized carbons (Fsp3) is 0.474. The Bertz CT molecular complexity index is 721. The second kappa shape index (κ2) is 7.68. The van der Waals surface area contributed by atoms with Crippen LogP contribution < -0.4 is 15.1 Å². The number of pyridine rings is 1. The third kappa shape index (κ3) is 3.76. The van der Waals surface area contributed by atoms with Gasteiger partial charge in [-0.3, -0.25) is 4.79 Å². The van der Waals surface area contributed by atoms with Crippen LogP contribution in [0.25, 0.3) is 0 Å². The molecule has 136 valence electrons. The molecule has 1 saturated carbocycles. The Hall–Kier alpha value is -2.70. The Morgan fingerprint density at radius 2 is 1.65 bits per heavy atom. The van der Waals surface area contributed by atoms with Crippen molar-refractivity contribution in [2.75, 3.05) is 36.0 Å². The van der Waals surface area contributed by atoms with Gasteiger partial charge in [-0.1, -0.05) is 18.9 Å². The van der Waals surface area contributed by atoms with Crippen molar-refractivity contribution in [1.82, 2.24) is 20.3 Å². The van der Waals surface area contributed by atoms with Crippen LogP contribution in [-0.2, 0) is 0 Å². The molecule has 4 rings (SSSR count). The van der Waals surface area contributed by atoms with Gasteiger partial charge in [-0.15, -0.1) is 0 Å². The van der Waals surface area contributed by atoms with Crippen LogP contribution in [0.5, 0.6) is 0 Å². The summed E-state index contributed by atoms with van der Waals surface area (Å²) in [6.07, 6.45) is 9.64. The molecule has 1 aliphatic carbocycles. The molecule has 2 aromatic heterocycles. The van der Waals surface area contributed by atoms with E-state index < -0.39 is 0 Å². The van der Waals surface area contributed by atoms with Crippen molar-refractivity contribution in [3.8, 4) is 0 Å². The van der Waals surface area contributed by atoms with Crippen LogP contribution >= 0.6 is 0 Å². The van der Waals surface area contributed by atoms with Crippen molar-refractivity contribution in [3.05, 3.63) is 42.5 Å². The second-order valence-corrected chi connectivity index (χ2v) is 6.88. The molecule has 2 aromatic rings. The monoisotopic (exact) mass is 352 g/mol. The van der Waals surface area contributed by atoms with Crippen molar-refractivity contribution in [2.45, 2.75) is 31.7 Å². The highest BCUT2D eigenvalue weighted by Crippen LogP contribution is 2.19. The van der Waals surface area contributed by atoms with Gasteiger partial charge in [0.1, 0.15) is 17.3 Å². The zero-order valence-corrected chi connectivity index (χ0v) is 14.8. The minimum atomic E-state index is -0.115. The number of amides is 1. The minimum absolute atomic E-state index is 0.115. The van der Waals surface area contributed by atoms with Gasteiger partial charge in [-0.25, -0.2) is 15.0 Å². The summed E-state index contributed by atoms with van der Waals surface area (Å²) in [5.41, 5.74) is 0.396. The van der Waals surface area contributed by atoms with E-state index in [-0.39, 0.29) is 5.91 Å². The van der Waals surface area contributed by atoms with Crippen LogP contribution in [-0.4, -0.2) is 53.1 Å². The average molecular weight is 352 g/mol. The molecule has 0 unspecified atom stereocenters. The van der Waals surface area contributed by atoms with Crippen molar-refractivity contribution in [2.24, 2.45) is 0 Å². The normalized spacial score (nSPS) is 18.2. The van der Waals surface area contributed by atoms with Crippen LogP contribution in [0.1, 0.15) is 36.2 Å². The number of rotatable bonds is 4. The molecular formula is C19H24N6O. The summed E-state index contributed by atoms with van der Waals surface area (Å²) >= 11 is 0. The van der Waals surface area contributed by atoms with E-state index in [1.54, 1.807) is 12.4 Å². The highest BCUT2D eigenvalue weighted by atomic mass is 16.1. The van der Waals surface area contributed by atoms with E-state index in [9.17, 15) is 4.79 Å². The van der Waals surface area contributed by atoms with E-state index in [0.717, 1.165) is 50.7 Å². The zero-order chi connectivity index (χ0) is 17.8. The minimum Gasteiger partial charge on any atom is -0.353 e. The van der Waals surface area contributed by atoms with Crippen LogP contribution in [0, 0.1) is 0 Å². The van der Waals surface area contributed by atoms with Crippen LogP contribution in [0.2, 0.25) is 0 Å². The van der Waals surface area contributed by atoms with E-state index in [0.29, 0.717) is 11.7 Å². The summed E-state index contributed by atoms with van der Waals surface area (Å²) < 4.78 is 0. The quantitative estimate of drug-likeness (QED) is 0.905. The highest BCUT2D eigenvalue weighted by molar-refractivity contribution is 5.92. The fourth-order valence-electron chi connectivity index (χ4n) is 3.64. The smallest absolute Gasteiger partial charge is 0.271 e. The first-order valence-corrected chi connectivity index (χ1v) is 9.33. The standard InChI is InChI=1S/C19H24N6O/c26-19(23-15-5-1-2-6-15)16-13-22-18(14-21-16)25-11-9-24(10-12-25)17-7-3-4-8-20-17/h3-4,7-8,13-15H,1-2,5-6,9-12H2,(H,23,26). The predicted molar refractivity (Wildman–Crippen MR) is 100 cm³/mol. The van der Waals surface area contributed by atoms with Gasteiger partial charge in [0.15, 0.2) is 0 Å². The molecule has 3 heterocycles. The summed E-state index contributed by atoms with van der Waals surface area (Å²) in [6.45, 7) is 3.50. The Morgan fingerprint density at radius 1 is 0.923 bits per heavy atom. The number of nitrogens with zero attached hydrogens (tertiary/aromatic N) is 5. The first-order chi connectivity index (χ1) is 12.8. The molecule has 1 N–H and O–H groups in total. The van der Waals surface area contributed by atoms with E-state index in [2.05, 4.69) is 30.1 Å². The van der Waals surface area contributed by atoms with Crippen LogP contribution in [0.3, 0.4) is 0 Å². The molecule has 0 radical (unpaired) electrons. The van der Waals surface area contributed by atoms with Gasteiger partial charge in [0, 0.05) is 38.4 Å². The van der Waals surface area contributed by atoms with Gasteiger partial charge in [0.25, 0.3) is 5.91 Å². The highest BCUT2D eigenvalue weighted by Gasteiger charge is 2.21. The fourth-order valence-corrected chi connectivity index (χ4v) is 3.64. The molecule has 0 bridgehead atoms. The van der Waals surface area contributed by atoms with Crippen molar-refractivity contribution >= 4 is 17.5 Å². The number of hydrogen-bond donors (Lipinski definition) is 1. The molecule has 0 atom stereocenters. The molecule has 2 aliphatic rings. The van der Waals surface area contributed by atoms with Gasteiger partial charge in [0.05, 0.1) is 12.4 Å². The summed E-state index contributed by atoms with van der Waals surface area (Å²) in [5, 5.41) is 3.05. The summed E-state index contributed by atoms with van der Waals surface area (Å²) in [5.74, 6) is 1.72. The lowest BCUT2D eigenvalue weighted by molar-refractivity contribution is 0.0932. The summed E-state index contributed by atoms with van der Waals surface area (Å²) in [6, 6.07) is 6.27. The lowest BCUT2D eigenvalue weighted by Gasteiger charge is -2.35. The van der Waals surface area contributed by atoms with E-state index >= 15 is 0 Å². The molecule has 1 saturated heterocycles. The number of hydrogen-bond acceptors (Lipinski definition) is 6. The van der Waals surface area contributed by atoms with E-state index in [1.807, 2.05) is 24.4 Å². The third-order valence-corrected chi connectivity index (χ3v) is 5.14. The van der Waals surface area contributed by atoms with Gasteiger partial charge < -0.3 is 15.1 Å². The molecule has 2 fully saturated rings. The lowest BCUT2D eigenvalue weighted by atomic mass is 10.2. The molecule has 7 nitrogen and oxygen atoms in total. The Morgan fingerprint density at radius 3 is 2.27 bits per heavy atom. The second-order valence-electron chi connectivity index (χ2n) is 6.88. The molecule has 0 aromatic carbocycles. The maximum Gasteiger partial charge on any atom is 0.271 e. The molecule has 26 heavy (non-hydrogen) atoms. The van der Waals surface area contributed by atoms with Gasteiger partial charge in [-0.2, -0.15) is 0 Å².